The third-order valence-corrected chi connectivity index (χ3v) is 5.82. The van der Waals surface area contributed by atoms with E-state index >= 15 is 0 Å². The maximum absolute atomic E-state index is 12.9. The van der Waals surface area contributed by atoms with Crippen molar-refractivity contribution in [3.63, 3.8) is 0 Å². The number of aliphatic carboxylic acids is 1. The van der Waals surface area contributed by atoms with Gasteiger partial charge in [-0.15, -0.1) is 0 Å². The monoisotopic (exact) mass is 481 g/mol. The molecule has 2 amide bonds. The van der Waals surface area contributed by atoms with Crippen LogP contribution in [0.1, 0.15) is 31.0 Å². The Morgan fingerprint density at radius 2 is 1.91 bits per heavy atom. The van der Waals surface area contributed by atoms with Gasteiger partial charge in [0, 0.05) is 22.7 Å². The number of hydrogen-bond acceptors (Lipinski definition) is 4. The number of aryl methyl sites for hydroxylation is 2. The molecule has 0 fully saturated rings. The zero-order valence-electron chi connectivity index (χ0n) is 18.5. The molecule has 0 bridgehead atoms. The molecule has 0 unspecified atom stereocenters. The average molecular weight is 482 g/mol. The predicted octanol–water partition coefficient (Wildman–Crippen LogP) is 4.25. The molecule has 176 valence electrons. The van der Waals surface area contributed by atoms with Gasteiger partial charge in [0.1, 0.15) is 5.75 Å². The second kappa shape index (κ2) is 10.0. The molecule has 34 heavy (non-hydrogen) atoms. The number of halogens is 1. The number of carbonyl (C=O) groups excluding carboxylic acids is 2. The van der Waals surface area contributed by atoms with E-state index in [0.29, 0.717) is 27.8 Å². The van der Waals surface area contributed by atoms with Crippen molar-refractivity contribution < 1.29 is 24.2 Å². The largest absolute Gasteiger partial charge is 0.481 e. The van der Waals surface area contributed by atoms with Crippen molar-refractivity contribution in [2.45, 2.75) is 38.7 Å². The van der Waals surface area contributed by atoms with E-state index in [2.05, 4.69) is 17.7 Å². The average Bonchev–Trinajstić information content (AvgIpc) is 3.20. The van der Waals surface area contributed by atoms with Crippen molar-refractivity contribution in [3.8, 4) is 17.0 Å². The maximum atomic E-state index is 12.9. The molecule has 0 saturated heterocycles. The topological polar surface area (TPSA) is 110 Å². The number of fused-ring (bicyclic) bond motifs is 1. The van der Waals surface area contributed by atoms with Crippen LogP contribution < -0.4 is 15.5 Å². The molecule has 9 heteroatoms. The molecule has 2 heterocycles. The minimum atomic E-state index is -1.01. The summed E-state index contributed by atoms with van der Waals surface area (Å²) in [5, 5.41) is 12.3. The highest BCUT2D eigenvalue weighted by Crippen LogP contribution is 2.32. The molecule has 3 aromatic rings. The number of nitrogens with one attached hydrogen (secondary N) is 2. The number of benzene rings is 2. The summed E-state index contributed by atoms with van der Waals surface area (Å²) in [6, 6.07) is 16.4. The van der Waals surface area contributed by atoms with E-state index in [0.717, 1.165) is 12.0 Å². The number of carboxylic acids is 1. The van der Waals surface area contributed by atoms with Crippen molar-refractivity contribution in [2.24, 2.45) is 0 Å². The van der Waals surface area contributed by atoms with E-state index in [1.54, 1.807) is 28.9 Å². The number of anilines is 1. The predicted molar refractivity (Wildman–Crippen MR) is 129 cm³/mol. The molecule has 8 nitrogen and oxygen atoms in total. The first kappa shape index (κ1) is 23.4. The fourth-order valence-electron chi connectivity index (χ4n) is 3.77. The van der Waals surface area contributed by atoms with Gasteiger partial charge in [0.05, 0.1) is 24.2 Å². The number of aromatic nitrogens is 1. The summed E-state index contributed by atoms with van der Waals surface area (Å²) in [6.07, 6.45) is -0.183. The molecule has 1 aliphatic rings. The lowest BCUT2D eigenvalue weighted by Crippen LogP contribution is -2.40. The van der Waals surface area contributed by atoms with E-state index in [-0.39, 0.29) is 19.3 Å². The smallest absolute Gasteiger partial charge is 0.303 e. The number of hydrogen-bond donors (Lipinski definition) is 3. The second-order valence-electron chi connectivity index (χ2n) is 7.96. The van der Waals surface area contributed by atoms with Gasteiger partial charge in [0.2, 0.25) is 5.91 Å². The van der Waals surface area contributed by atoms with E-state index in [1.807, 2.05) is 30.3 Å². The van der Waals surface area contributed by atoms with Crippen LogP contribution in [0.5, 0.6) is 5.75 Å². The van der Waals surface area contributed by atoms with Gasteiger partial charge in [-0.1, -0.05) is 42.8 Å². The van der Waals surface area contributed by atoms with Gasteiger partial charge in [-0.2, -0.15) is 0 Å². The Labute approximate surface area is 201 Å². The van der Waals surface area contributed by atoms with Crippen LogP contribution in [0.2, 0.25) is 5.02 Å². The summed E-state index contributed by atoms with van der Waals surface area (Å²) in [6.45, 7) is 2.07. The van der Waals surface area contributed by atoms with Gasteiger partial charge >= 0.3 is 5.97 Å². The SMILES string of the molecule is CCc1ccc(-c2ccc(CCC(=O)O)n2NC(=O)C[C@H]2Oc3ccc(Cl)cc3NC2=O)cc1. The van der Waals surface area contributed by atoms with Crippen molar-refractivity contribution in [1.82, 2.24) is 4.68 Å². The zero-order valence-corrected chi connectivity index (χ0v) is 19.3. The van der Waals surface area contributed by atoms with Crippen LogP contribution in [0, 0.1) is 0 Å². The lowest BCUT2D eigenvalue weighted by Gasteiger charge is -2.26. The molecular formula is C25H24ClN3O5. The summed E-state index contributed by atoms with van der Waals surface area (Å²) in [5.41, 5.74) is 6.67. The van der Waals surface area contributed by atoms with Crippen LogP contribution in [0.15, 0.2) is 54.6 Å². The third kappa shape index (κ3) is 5.23. The summed E-state index contributed by atoms with van der Waals surface area (Å²) in [7, 11) is 0. The summed E-state index contributed by atoms with van der Waals surface area (Å²) in [5.74, 6) is -1.39. The Balaban J connectivity index is 1.54. The van der Waals surface area contributed by atoms with E-state index in [9.17, 15) is 14.4 Å². The highest BCUT2D eigenvalue weighted by molar-refractivity contribution is 6.31. The lowest BCUT2D eigenvalue weighted by atomic mass is 10.1. The van der Waals surface area contributed by atoms with Crippen LogP contribution in [-0.4, -0.2) is 33.7 Å². The molecule has 0 saturated carbocycles. The van der Waals surface area contributed by atoms with Gasteiger partial charge in [0.15, 0.2) is 6.10 Å². The first-order chi connectivity index (χ1) is 16.3. The van der Waals surface area contributed by atoms with Crippen molar-refractivity contribution in [3.05, 3.63) is 70.9 Å². The number of carboxylic acid groups (broad SMARTS) is 1. The highest BCUT2D eigenvalue weighted by Gasteiger charge is 2.30. The van der Waals surface area contributed by atoms with Crippen molar-refractivity contribution in [1.29, 1.82) is 0 Å². The van der Waals surface area contributed by atoms with Crippen LogP contribution >= 0.6 is 11.6 Å². The van der Waals surface area contributed by atoms with Crippen molar-refractivity contribution >= 4 is 35.1 Å². The van der Waals surface area contributed by atoms with Gasteiger partial charge in [0.25, 0.3) is 5.91 Å². The number of rotatable bonds is 8. The quantitative estimate of drug-likeness (QED) is 0.445. The molecule has 2 aromatic carbocycles. The van der Waals surface area contributed by atoms with Gasteiger partial charge in [-0.25, -0.2) is 0 Å². The normalized spacial score (nSPS) is 14.6. The lowest BCUT2D eigenvalue weighted by molar-refractivity contribution is -0.137. The maximum Gasteiger partial charge on any atom is 0.303 e. The molecule has 1 aliphatic heterocycles. The van der Waals surface area contributed by atoms with Gasteiger partial charge in [-0.05, 0) is 42.3 Å². The molecular weight excluding hydrogens is 458 g/mol. The minimum absolute atomic E-state index is 0.0818. The Morgan fingerprint density at radius 3 is 2.62 bits per heavy atom. The second-order valence-corrected chi connectivity index (χ2v) is 8.40. The Kier molecular flexibility index (Phi) is 6.88. The summed E-state index contributed by atoms with van der Waals surface area (Å²) in [4.78, 5) is 36.5. The summed E-state index contributed by atoms with van der Waals surface area (Å²) < 4.78 is 7.30. The number of nitrogens with zero attached hydrogens (tertiary/aromatic N) is 1. The molecule has 0 spiro atoms. The van der Waals surface area contributed by atoms with Gasteiger partial charge in [-0.3, -0.25) is 24.5 Å². The molecule has 1 aromatic heterocycles. The molecule has 0 radical (unpaired) electrons. The fourth-order valence-corrected chi connectivity index (χ4v) is 3.95. The van der Waals surface area contributed by atoms with Crippen LogP contribution in [0.25, 0.3) is 11.3 Å². The number of carbonyl (C=O) groups is 3. The van der Waals surface area contributed by atoms with Crippen molar-refractivity contribution in [2.75, 3.05) is 10.7 Å². The van der Waals surface area contributed by atoms with Crippen LogP contribution in [0.4, 0.5) is 5.69 Å². The van der Waals surface area contributed by atoms with E-state index < -0.39 is 23.9 Å². The fraction of sp³-hybridized carbons (Fsp3) is 0.240. The van der Waals surface area contributed by atoms with Crippen LogP contribution in [-0.2, 0) is 27.2 Å². The molecule has 4 rings (SSSR count). The zero-order chi connectivity index (χ0) is 24.2. The minimum Gasteiger partial charge on any atom is -0.481 e. The molecule has 1 atom stereocenters. The van der Waals surface area contributed by atoms with E-state index in [1.165, 1.54) is 5.56 Å². The van der Waals surface area contributed by atoms with Gasteiger partial charge < -0.3 is 15.2 Å². The Morgan fingerprint density at radius 1 is 1.15 bits per heavy atom. The summed E-state index contributed by atoms with van der Waals surface area (Å²) >= 11 is 5.96. The van der Waals surface area contributed by atoms with Crippen LogP contribution in [0.3, 0.4) is 0 Å². The highest BCUT2D eigenvalue weighted by atomic mass is 35.5. The Hall–Kier alpha value is -3.78. The first-order valence-corrected chi connectivity index (χ1v) is 11.3. The Bertz CT molecular complexity index is 1240. The number of amides is 2. The standard InChI is InChI=1S/C25H24ClN3O5/c1-2-15-3-5-16(6-4-15)20-10-8-18(9-12-24(31)32)29(20)28-23(30)14-22-25(33)27-19-13-17(26)7-11-21(19)34-22/h3-8,10-11,13,22H,2,9,12,14H2,1H3,(H,27,33)(H,28,30)(H,31,32)/t22-/m1/s1. The number of ether oxygens (including phenoxy) is 1. The molecule has 3 N–H and O–H groups in total. The molecule has 0 aliphatic carbocycles. The van der Waals surface area contributed by atoms with E-state index in [4.69, 9.17) is 21.4 Å². The first-order valence-electron chi connectivity index (χ1n) is 10.9. The third-order valence-electron chi connectivity index (χ3n) is 5.58.